The van der Waals surface area contributed by atoms with Crippen LogP contribution in [0.15, 0.2) is 12.7 Å². The van der Waals surface area contributed by atoms with Crippen LogP contribution in [0.25, 0.3) is 0 Å². The zero-order chi connectivity index (χ0) is 7.21. The molecule has 50 valence electrons. The first-order valence-corrected chi connectivity index (χ1v) is 2.92. The first-order valence-electron chi connectivity index (χ1n) is 2.92. The molecular weight excluding hydrogens is 100 g/mol. The molecule has 0 saturated heterocycles. The molecule has 1 nitrogen and oxygen atoms in total. The molecule has 0 rings (SSSR count). The standard InChI is InChI=1S/C5H10O.C2H6/c1-4-5(2,3)6;1-2/h4,6H,1H2,2-3H3;1-2H3. The van der Waals surface area contributed by atoms with Crippen molar-refractivity contribution < 1.29 is 5.11 Å². The van der Waals surface area contributed by atoms with Gasteiger partial charge < -0.3 is 5.11 Å². The minimum absolute atomic E-state index is 0.694. The van der Waals surface area contributed by atoms with Gasteiger partial charge in [-0.15, -0.1) is 6.58 Å². The van der Waals surface area contributed by atoms with Gasteiger partial charge in [-0.25, -0.2) is 0 Å². The van der Waals surface area contributed by atoms with Crippen LogP contribution in [0.3, 0.4) is 0 Å². The summed E-state index contributed by atoms with van der Waals surface area (Å²) in [7, 11) is 0. The lowest BCUT2D eigenvalue weighted by Crippen LogP contribution is -2.12. The van der Waals surface area contributed by atoms with Crippen LogP contribution in [0, 0.1) is 0 Å². The van der Waals surface area contributed by atoms with Crippen molar-refractivity contribution in [2.75, 3.05) is 0 Å². The highest BCUT2D eigenvalue weighted by atomic mass is 16.3. The first-order chi connectivity index (χ1) is 3.56. The predicted octanol–water partition coefficient (Wildman–Crippen LogP) is 1.97. The maximum atomic E-state index is 8.71. The third kappa shape index (κ3) is 17.3. The molecule has 1 heteroatoms. The Morgan fingerprint density at radius 3 is 1.50 bits per heavy atom. The Morgan fingerprint density at radius 2 is 1.50 bits per heavy atom. The Morgan fingerprint density at radius 1 is 1.38 bits per heavy atom. The van der Waals surface area contributed by atoms with E-state index in [4.69, 9.17) is 5.11 Å². The molecular formula is C7H16O. The molecule has 0 aliphatic rings. The van der Waals surface area contributed by atoms with E-state index in [0.717, 1.165) is 0 Å². The van der Waals surface area contributed by atoms with Crippen molar-refractivity contribution in [1.29, 1.82) is 0 Å². The molecule has 0 unspecified atom stereocenters. The van der Waals surface area contributed by atoms with Crippen molar-refractivity contribution in [2.24, 2.45) is 0 Å². The summed E-state index contributed by atoms with van der Waals surface area (Å²) in [6.45, 7) is 10.7. The molecule has 8 heavy (non-hydrogen) atoms. The van der Waals surface area contributed by atoms with Crippen LogP contribution < -0.4 is 0 Å². The summed E-state index contributed by atoms with van der Waals surface area (Å²) in [6.07, 6.45) is 1.49. The fourth-order valence-corrected chi connectivity index (χ4v) is 0. The van der Waals surface area contributed by atoms with E-state index in [9.17, 15) is 0 Å². The molecule has 0 spiro atoms. The second kappa shape index (κ2) is 4.85. The van der Waals surface area contributed by atoms with Gasteiger partial charge in [-0.05, 0) is 13.8 Å². The highest BCUT2D eigenvalue weighted by molar-refractivity contribution is 4.86. The lowest BCUT2D eigenvalue weighted by atomic mass is 10.1. The van der Waals surface area contributed by atoms with E-state index in [-0.39, 0.29) is 0 Å². The van der Waals surface area contributed by atoms with E-state index < -0.39 is 5.60 Å². The molecule has 0 atom stereocenters. The fraction of sp³-hybridized carbons (Fsp3) is 0.714. The lowest BCUT2D eigenvalue weighted by Gasteiger charge is -2.07. The van der Waals surface area contributed by atoms with Gasteiger partial charge in [-0.1, -0.05) is 19.9 Å². The van der Waals surface area contributed by atoms with Crippen LogP contribution >= 0.6 is 0 Å². The van der Waals surface area contributed by atoms with Crippen molar-refractivity contribution in [3.63, 3.8) is 0 Å². The van der Waals surface area contributed by atoms with E-state index in [2.05, 4.69) is 6.58 Å². The van der Waals surface area contributed by atoms with Crippen LogP contribution in [0.1, 0.15) is 27.7 Å². The molecule has 1 N–H and O–H groups in total. The minimum Gasteiger partial charge on any atom is -0.386 e. The first kappa shape index (κ1) is 10.6. The summed E-state index contributed by atoms with van der Waals surface area (Å²) >= 11 is 0. The number of hydrogen-bond acceptors (Lipinski definition) is 1. The molecule has 0 saturated carbocycles. The van der Waals surface area contributed by atoms with E-state index in [1.807, 2.05) is 13.8 Å². The summed E-state index contributed by atoms with van der Waals surface area (Å²) in [5.41, 5.74) is -0.694. The molecule has 0 fully saturated rings. The monoisotopic (exact) mass is 116 g/mol. The highest BCUT2D eigenvalue weighted by Gasteiger charge is 2.02. The Kier molecular flexibility index (Phi) is 6.45. The quantitative estimate of drug-likeness (QED) is 0.519. The zero-order valence-corrected chi connectivity index (χ0v) is 6.23. The Labute approximate surface area is 52.0 Å². The Bertz CT molecular complexity index is 49.9. The summed E-state index contributed by atoms with van der Waals surface area (Å²) < 4.78 is 0. The summed E-state index contributed by atoms with van der Waals surface area (Å²) in [5.74, 6) is 0. The van der Waals surface area contributed by atoms with Gasteiger partial charge in [-0.3, -0.25) is 0 Å². The molecule has 0 aliphatic heterocycles. The van der Waals surface area contributed by atoms with Crippen molar-refractivity contribution in [3.8, 4) is 0 Å². The van der Waals surface area contributed by atoms with E-state index in [1.165, 1.54) is 6.08 Å². The van der Waals surface area contributed by atoms with E-state index >= 15 is 0 Å². The van der Waals surface area contributed by atoms with Crippen LogP contribution in [0.5, 0.6) is 0 Å². The molecule has 0 aromatic carbocycles. The Balaban J connectivity index is 0. The van der Waals surface area contributed by atoms with Crippen LogP contribution in [-0.4, -0.2) is 10.7 Å². The molecule has 0 aromatic rings. The average molecular weight is 116 g/mol. The molecule has 0 radical (unpaired) electrons. The van der Waals surface area contributed by atoms with Crippen LogP contribution in [0.4, 0.5) is 0 Å². The fourth-order valence-electron chi connectivity index (χ4n) is 0. The Hall–Kier alpha value is -0.300. The zero-order valence-electron chi connectivity index (χ0n) is 6.23. The van der Waals surface area contributed by atoms with Crippen molar-refractivity contribution in [3.05, 3.63) is 12.7 Å². The summed E-state index contributed by atoms with van der Waals surface area (Å²) in [5, 5.41) is 8.71. The topological polar surface area (TPSA) is 20.2 Å². The minimum atomic E-state index is -0.694. The van der Waals surface area contributed by atoms with Crippen LogP contribution in [-0.2, 0) is 0 Å². The third-order valence-corrected chi connectivity index (χ3v) is 0.500. The van der Waals surface area contributed by atoms with Gasteiger partial charge in [0.05, 0.1) is 5.60 Å². The second-order valence-electron chi connectivity index (χ2n) is 1.86. The smallest absolute Gasteiger partial charge is 0.0769 e. The van der Waals surface area contributed by atoms with Crippen molar-refractivity contribution in [2.45, 2.75) is 33.3 Å². The summed E-state index contributed by atoms with van der Waals surface area (Å²) in [6, 6.07) is 0. The van der Waals surface area contributed by atoms with Crippen LogP contribution in [0.2, 0.25) is 0 Å². The molecule has 0 bridgehead atoms. The predicted molar refractivity (Wildman–Crippen MR) is 37.8 cm³/mol. The summed E-state index contributed by atoms with van der Waals surface area (Å²) in [4.78, 5) is 0. The average Bonchev–Trinajstić information content (AvgIpc) is 1.71. The maximum absolute atomic E-state index is 8.71. The van der Waals surface area contributed by atoms with Gasteiger partial charge in [0.25, 0.3) is 0 Å². The van der Waals surface area contributed by atoms with Gasteiger partial charge in [0, 0.05) is 0 Å². The van der Waals surface area contributed by atoms with Gasteiger partial charge in [0.1, 0.15) is 0 Å². The van der Waals surface area contributed by atoms with Crippen molar-refractivity contribution >= 4 is 0 Å². The second-order valence-corrected chi connectivity index (χ2v) is 1.86. The molecule has 0 aromatic heterocycles. The van der Waals surface area contributed by atoms with Gasteiger partial charge in [0.2, 0.25) is 0 Å². The highest BCUT2D eigenvalue weighted by Crippen LogP contribution is 1.98. The van der Waals surface area contributed by atoms with Gasteiger partial charge >= 0.3 is 0 Å². The normalized spacial score (nSPS) is 9.12. The van der Waals surface area contributed by atoms with Crippen molar-refractivity contribution in [1.82, 2.24) is 0 Å². The maximum Gasteiger partial charge on any atom is 0.0769 e. The van der Waals surface area contributed by atoms with Gasteiger partial charge in [-0.2, -0.15) is 0 Å². The molecule has 0 aliphatic carbocycles. The molecule has 0 amide bonds. The van der Waals surface area contributed by atoms with E-state index in [1.54, 1.807) is 13.8 Å². The SMILES string of the molecule is C=CC(C)(C)O.CC. The largest absolute Gasteiger partial charge is 0.386 e. The number of rotatable bonds is 1. The third-order valence-electron chi connectivity index (χ3n) is 0.500. The molecule has 0 heterocycles. The number of aliphatic hydroxyl groups is 1. The van der Waals surface area contributed by atoms with Gasteiger partial charge in [0.15, 0.2) is 0 Å². The number of hydrogen-bond donors (Lipinski definition) is 1. The van der Waals surface area contributed by atoms with E-state index in [0.29, 0.717) is 0 Å². The lowest BCUT2D eigenvalue weighted by molar-refractivity contribution is 0.133.